The Hall–Kier alpha value is -0.630. The summed E-state index contributed by atoms with van der Waals surface area (Å²) in [5.74, 6) is 0. The first-order valence-electron chi connectivity index (χ1n) is 4.97. The van der Waals surface area contributed by atoms with Gasteiger partial charge in [0.2, 0.25) is 10.0 Å². The van der Waals surface area contributed by atoms with E-state index in [-0.39, 0.29) is 11.4 Å². The van der Waals surface area contributed by atoms with E-state index in [9.17, 15) is 8.42 Å². The zero-order valence-corrected chi connectivity index (χ0v) is 12.0. The number of anilines is 1. The van der Waals surface area contributed by atoms with Gasteiger partial charge in [0.1, 0.15) is 0 Å². The zero-order chi connectivity index (χ0) is 13.2. The minimum absolute atomic E-state index is 0.0335. The molecule has 7 heteroatoms. The lowest BCUT2D eigenvalue weighted by molar-refractivity contribution is 0.198. The molecule has 0 aromatic heterocycles. The van der Waals surface area contributed by atoms with E-state index in [0.717, 1.165) is 0 Å². The highest BCUT2D eigenvalue weighted by molar-refractivity contribution is 9.10. The fourth-order valence-corrected chi connectivity index (χ4v) is 3.31. The van der Waals surface area contributed by atoms with Gasteiger partial charge >= 0.3 is 0 Å². The summed E-state index contributed by atoms with van der Waals surface area (Å²) < 4.78 is 26.8. The average molecular weight is 323 g/mol. The monoisotopic (exact) mass is 322 g/mol. The van der Waals surface area contributed by atoms with Gasteiger partial charge in [-0.2, -0.15) is 0 Å². The van der Waals surface area contributed by atoms with Crippen LogP contribution in [0.4, 0.5) is 5.69 Å². The Balaban J connectivity index is 3.15. The van der Waals surface area contributed by atoms with E-state index in [1.807, 2.05) is 0 Å². The Morgan fingerprint density at radius 2 is 2.12 bits per heavy atom. The number of halogens is 1. The fourth-order valence-electron chi connectivity index (χ4n) is 1.26. The van der Waals surface area contributed by atoms with Crippen molar-refractivity contribution in [2.45, 2.75) is 24.8 Å². The van der Waals surface area contributed by atoms with Crippen molar-refractivity contribution >= 4 is 31.6 Å². The first kappa shape index (κ1) is 14.4. The number of hydrogen-bond acceptors (Lipinski definition) is 4. The van der Waals surface area contributed by atoms with E-state index in [0.29, 0.717) is 15.7 Å². The summed E-state index contributed by atoms with van der Waals surface area (Å²) in [4.78, 5) is 0.116. The van der Waals surface area contributed by atoms with Gasteiger partial charge in [-0.25, -0.2) is 13.1 Å². The molecule has 0 spiro atoms. The summed E-state index contributed by atoms with van der Waals surface area (Å²) in [5.41, 5.74) is 6.59. The van der Waals surface area contributed by atoms with Crippen molar-refractivity contribution in [3.63, 3.8) is 0 Å². The van der Waals surface area contributed by atoms with Crippen molar-refractivity contribution in [3.8, 4) is 0 Å². The Morgan fingerprint density at radius 1 is 1.53 bits per heavy atom. The number of nitrogens with two attached hydrogens (primary N) is 1. The molecule has 0 amide bonds. The van der Waals surface area contributed by atoms with Gasteiger partial charge in [-0.05, 0) is 31.5 Å². The molecule has 0 aliphatic carbocycles. The third kappa shape index (κ3) is 3.67. The molecule has 0 saturated heterocycles. The van der Waals surface area contributed by atoms with Gasteiger partial charge in [-0.15, -0.1) is 0 Å². The molecule has 0 heterocycles. The molecule has 1 atom stereocenters. The van der Waals surface area contributed by atoms with Crippen LogP contribution in [0.5, 0.6) is 0 Å². The van der Waals surface area contributed by atoms with Crippen LogP contribution >= 0.6 is 15.9 Å². The number of aliphatic hydroxyl groups excluding tert-OH is 1. The lowest BCUT2D eigenvalue weighted by Gasteiger charge is -2.12. The van der Waals surface area contributed by atoms with Crippen molar-refractivity contribution in [2.75, 3.05) is 12.3 Å². The van der Waals surface area contributed by atoms with Crippen molar-refractivity contribution in [1.29, 1.82) is 0 Å². The van der Waals surface area contributed by atoms with Gasteiger partial charge in [0.25, 0.3) is 0 Å². The largest absolute Gasteiger partial charge is 0.398 e. The standard InChI is InChI=1S/C10H15BrN2O3S/c1-6(14)5-13-17(15,16)10-4-8(11)3-9(12)7(10)2/h3-4,6,13-14H,5,12H2,1-2H3/t6-/m1/s1. The summed E-state index contributed by atoms with van der Waals surface area (Å²) in [6.07, 6.45) is -0.741. The van der Waals surface area contributed by atoms with Gasteiger partial charge in [-0.3, -0.25) is 0 Å². The highest BCUT2D eigenvalue weighted by Gasteiger charge is 2.19. The lowest BCUT2D eigenvalue weighted by Crippen LogP contribution is -2.31. The topological polar surface area (TPSA) is 92.4 Å². The molecule has 96 valence electrons. The number of benzene rings is 1. The van der Waals surface area contributed by atoms with Crippen molar-refractivity contribution in [3.05, 3.63) is 22.2 Å². The highest BCUT2D eigenvalue weighted by atomic mass is 79.9. The maximum atomic E-state index is 12.0. The molecule has 0 radical (unpaired) electrons. The van der Waals surface area contributed by atoms with Crippen LogP contribution in [0.3, 0.4) is 0 Å². The number of rotatable bonds is 4. The van der Waals surface area contributed by atoms with Crippen LogP contribution in [0.1, 0.15) is 12.5 Å². The maximum absolute atomic E-state index is 12.0. The van der Waals surface area contributed by atoms with Crippen molar-refractivity contribution in [1.82, 2.24) is 4.72 Å². The van der Waals surface area contributed by atoms with Crippen LogP contribution < -0.4 is 10.5 Å². The Labute approximate surface area is 109 Å². The maximum Gasteiger partial charge on any atom is 0.241 e. The van der Waals surface area contributed by atoms with E-state index in [1.54, 1.807) is 13.0 Å². The quantitative estimate of drug-likeness (QED) is 0.721. The van der Waals surface area contributed by atoms with Gasteiger partial charge in [0, 0.05) is 16.7 Å². The minimum atomic E-state index is -3.65. The van der Waals surface area contributed by atoms with Gasteiger partial charge in [-0.1, -0.05) is 15.9 Å². The average Bonchev–Trinajstić information content (AvgIpc) is 2.20. The first-order chi connectivity index (χ1) is 7.74. The zero-order valence-electron chi connectivity index (χ0n) is 9.57. The molecular formula is C10H15BrN2O3S. The van der Waals surface area contributed by atoms with Gasteiger partial charge in [0.05, 0.1) is 11.0 Å². The van der Waals surface area contributed by atoms with E-state index in [2.05, 4.69) is 20.7 Å². The number of nitrogen functional groups attached to an aromatic ring is 1. The van der Waals surface area contributed by atoms with E-state index >= 15 is 0 Å². The third-order valence-electron chi connectivity index (χ3n) is 2.22. The summed E-state index contributed by atoms with van der Waals surface area (Å²) in [5, 5.41) is 9.08. The fraction of sp³-hybridized carbons (Fsp3) is 0.400. The normalized spacial score (nSPS) is 13.6. The lowest BCUT2D eigenvalue weighted by atomic mass is 10.2. The molecule has 0 unspecified atom stereocenters. The van der Waals surface area contributed by atoms with Crippen LogP contribution in [0.25, 0.3) is 0 Å². The molecule has 0 fully saturated rings. The summed E-state index contributed by atoms with van der Waals surface area (Å²) in [6.45, 7) is 3.11. The van der Waals surface area contributed by atoms with Crippen molar-refractivity contribution < 1.29 is 13.5 Å². The smallest absolute Gasteiger partial charge is 0.241 e. The molecule has 0 aliphatic heterocycles. The van der Waals surface area contributed by atoms with Crippen LogP contribution in [0, 0.1) is 6.92 Å². The molecule has 17 heavy (non-hydrogen) atoms. The summed E-state index contributed by atoms with van der Waals surface area (Å²) in [6, 6.07) is 3.12. The minimum Gasteiger partial charge on any atom is -0.398 e. The number of sulfonamides is 1. The molecule has 0 bridgehead atoms. The Bertz CT molecular complexity index is 515. The van der Waals surface area contributed by atoms with E-state index in [1.165, 1.54) is 13.0 Å². The second-order valence-corrected chi connectivity index (χ2v) is 6.47. The molecule has 1 aromatic carbocycles. The van der Waals surface area contributed by atoms with Crippen LogP contribution in [0.15, 0.2) is 21.5 Å². The molecule has 4 N–H and O–H groups in total. The molecule has 0 aliphatic rings. The number of hydrogen-bond donors (Lipinski definition) is 3. The highest BCUT2D eigenvalue weighted by Crippen LogP contribution is 2.26. The molecule has 1 aromatic rings. The summed E-state index contributed by atoms with van der Waals surface area (Å²) in [7, 11) is -3.65. The van der Waals surface area contributed by atoms with Gasteiger partial charge < -0.3 is 10.8 Å². The van der Waals surface area contributed by atoms with Gasteiger partial charge in [0.15, 0.2) is 0 Å². The second kappa shape index (κ2) is 5.34. The second-order valence-electron chi connectivity index (χ2n) is 3.82. The van der Waals surface area contributed by atoms with Crippen LogP contribution in [-0.2, 0) is 10.0 Å². The molecule has 1 rings (SSSR count). The van der Waals surface area contributed by atoms with E-state index in [4.69, 9.17) is 10.8 Å². The number of aliphatic hydroxyl groups is 1. The first-order valence-corrected chi connectivity index (χ1v) is 7.25. The molecule has 5 nitrogen and oxygen atoms in total. The predicted octanol–water partition coefficient (Wildman–Crippen LogP) is 0.999. The molecule has 0 saturated carbocycles. The van der Waals surface area contributed by atoms with Crippen LogP contribution in [-0.4, -0.2) is 26.2 Å². The molecular weight excluding hydrogens is 308 g/mol. The Kier molecular flexibility index (Phi) is 4.54. The van der Waals surface area contributed by atoms with Crippen LogP contribution in [0.2, 0.25) is 0 Å². The van der Waals surface area contributed by atoms with E-state index < -0.39 is 16.1 Å². The number of nitrogens with one attached hydrogen (secondary N) is 1. The Morgan fingerprint density at radius 3 is 2.65 bits per heavy atom. The predicted molar refractivity (Wildman–Crippen MR) is 70.2 cm³/mol. The third-order valence-corrected chi connectivity index (χ3v) is 4.23. The summed E-state index contributed by atoms with van der Waals surface area (Å²) >= 11 is 3.20. The van der Waals surface area contributed by atoms with Crippen molar-refractivity contribution in [2.24, 2.45) is 0 Å². The SMILES string of the molecule is Cc1c(N)cc(Br)cc1S(=O)(=O)NC[C@@H](C)O.